The number of hydrogen-bond acceptors (Lipinski definition) is 4. The molecule has 23 heavy (non-hydrogen) atoms. The van der Waals surface area contributed by atoms with E-state index < -0.39 is 0 Å². The number of pyridine rings is 1. The summed E-state index contributed by atoms with van der Waals surface area (Å²) in [5.74, 6) is -0.157. The quantitative estimate of drug-likeness (QED) is 0.731. The first kappa shape index (κ1) is 15.9. The third kappa shape index (κ3) is 4.07. The van der Waals surface area contributed by atoms with Crippen LogP contribution in [0.15, 0.2) is 48.8 Å². The second-order valence-electron chi connectivity index (χ2n) is 4.73. The van der Waals surface area contributed by atoms with Crippen molar-refractivity contribution in [1.82, 2.24) is 9.97 Å². The van der Waals surface area contributed by atoms with Crippen LogP contribution in [0.2, 0.25) is 10.2 Å². The molecule has 7 heteroatoms. The maximum atomic E-state index is 12.1. The highest BCUT2D eigenvalue weighted by atomic mass is 35.5. The van der Waals surface area contributed by atoms with Gasteiger partial charge in [0.05, 0.1) is 6.42 Å². The van der Waals surface area contributed by atoms with Crippen molar-refractivity contribution in [1.29, 1.82) is 0 Å². The number of rotatable bonds is 4. The lowest BCUT2D eigenvalue weighted by molar-refractivity contribution is -0.115. The van der Waals surface area contributed by atoms with Gasteiger partial charge in [0.2, 0.25) is 5.91 Å². The Labute approximate surface area is 147 Å². The summed E-state index contributed by atoms with van der Waals surface area (Å²) >= 11 is 13.3. The van der Waals surface area contributed by atoms with Crippen molar-refractivity contribution in [2.24, 2.45) is 0 Å². The molecule has 2 heterocycles. The molecule has 116 valence electrons. The molecule has 0 fully saturated rings. The summed E-state index contributed by atoms with van der Waals surface area (Å²) in [4.78, 5) is 20.4. The fraction of sp³-hybridized carbons (Fsp3) is 0.0625. The zero-order valence-electron chi connectivity index (χ0n) is 11.8. The van der Waals surface area contributed by atoms with Gasteiger partial charge in [-0.3, -0.25) is 9.78 Å². The van der Waals surface area contributed by atoms with Crippen LogP contribution in [0.1, 0.15) is 5.56 Å². The summed E-state index contributed by atoms with van der Waals surface area (Å²) in [6.45, 7) is 0. The predicted octanol–water partition coefficient (Wildman–Crippen LogP) is 4.69. The van der Waals surface area contributed by atoms with Gasteiger partial charge in [0, 0.05) is 23.0 Å². The minimum absolute atomic E-state index is 0.157. The number of nitrogens with zero attached hydrogens (tertiary/aromatic N) is 2. The Kier molecular flexibility index (Phi) is 4.91. The SMILES string of the molecule is O=C(Cc1ccc(Cl)cc1)Nc1sc(-c2cccnc2)nc1Cl. The van der Waals surface area contributed by atoms with Crippen LogP contribution in [0, 0.1) is 0 Å². The van der Waals surface area contributed by atoms with Gasteiger partial charge >= 0.3 is 0 Å². The summed E-state index contributed by atoms with van der Waals surface area (Å²) in [6, 6.07) is 10.9. The van der Waals surface area contributed by atoms with Crippen molar-refractivity contribution >= 4 is 45.4 Å². The number of benzene rings is 1. The predicted molar refractivity (Wildman–Crippen MR) is 94.1 cm³/mol. The van der Waals surface area contributed by atoms with Crippen LogP contribution in [0.5, 0.6) is 0 Å². The highest BCUT2D eigenvalue weighted by Gasteiger charge is 2.14. The zero-order chi connectivity index (χ0) is 16.2. The van der Waals surface area contributed by atoms with E-state index in [-0.39, 0.29) is 17.5 Å². The van der Waals surface area contributed by atoms with E-state index in [2.05, 4.69) is 15.3 Å². The summed E-state index contributed by atoms with van der Waals surface area (Å²) in [5.41, 5.74) is 1.73. The average molecular weight is 364 g/mol. The summed E-state index contributed by atoms with van der Waals surface area (Å²) < 4.78 is 0. The first-order chi connectivity index (χ1) is 11.1. The minimum atomic E-state index is -0.157. The van der Waals surface area contributed by atoms with E-state index >= 15 is 0 Å². The van der Waals surface area contributed by atoms with Crippen molar-refractivity contribution in [2.45, 2.75) is 6.42 Å². The maximum Gasteiger partial charge on any atom is 0.229 e. The molecular weight excluding hydrogens is 353 g/mol. The largest absolute Gasteiger partial charge is 0.315 e. The number of aromatic nitrogens is 2. The van der Waals surface area contributed by atoms with Crippen LogP contribution < -0.4 is 5.32 Å². The van der Waals surface area contributed by atoms with Crippen LogP contribution in [0.25, 0.3) is 10.6 Å². The normalized spacial score (nSPS) is 10.5. The average Bonchev–Trinajstić information content (AvgIpc) is 2.91. The van der Waals surface area contributed by atoms with Crippen molar-refractivity contribution in [3.63, 3.8) is 0 Å². The number of thiazole rings is 1. The van der Waals surface area contributed by atoms with Gasteiger partial charge in [-0.2, -0.15) is 0 Å². The number of nitrogens with one attached hydrogen (secondary N) is 1. The zero-order valence-corrected chi connectivity index (χ0v) is 14.1. The van der Waals surface area contributed by atoms with Gasteiger partial charge in [0.15, 0.2) is 5.15 Å². The molecule has 1 amide bonds. The fourth-order valence-electron chi connectivity index (χ4n) is 1.95. The molecule has 0 spiro atoms. The van der Waals surface area contributed by atoms with E-state index in [1.54, 1.807) is 24.5 Å². The fourth-order valence-corrected chi connectivity index (χ4v) is 3.24. The number of hydrogen-bond donors (Lipinski definition) is 1. The Morgan fingerprint density at radius 2 is 1.96 bits per heavy atom. The Bertz CT molecular complexity index is 819. The van der Waals surface area contributed by atoms with E-state index in [1.165, 1.54) is 11.3 Å². The number of anilines is 1. The second kappa shape index (κ2) is 7.08. The van der Waals surface area contributed by atoms with E-state index in [4.69, 9.17) is 23.2 Å². The minimum Gasteiger partial charge on any atom is -0.315 e. The number of carbonyl (C=O) groups is 1. The molecule has 0 saturated heterocycles. The maximum absolute atomic E-state index is 12.1. The van der Waals surface area contributed by atoms with Crippen molar-refractivity contribution < 1.29 is 4.79 Å². The smallest absolute Gasteiger partial charge is 0.229 e. The lowest BCUT2D eigenvalue weighted by Crippen LogP contribution is -2.13. The van der Waals surface area contributed by atoms with E-state index in [1.807, 2.05) is 24.3 Å². The molecule has 3 rings (SSSR count). The van der Waals surface area contributed by atoms with E-state index in [0.717, 1.165) is 11.1 Å². The van der Waals surface area contributed by atoms with Gasteiger partial charge in [0.25, 0.3) is 0 Å². The van der Waals surface area contributed by atoms with Crippen molar-refractivity contribution in [2.75, 3.05) is 5.32 Å². The van der Waals surface area contributed by atoms with Crippen LogP contribution in [-0.4, -0.2) is 15.9 Å². The molecule has 4 nitrogen and oxygen atoms in total. The lowest BCUT2D eigenvalue weighted by Gasteiger charge is -2.03. The Morgan fingerprint density at radius 3 is 2.65 bits per heavy atom. The Morgan fingerprint density at radius 1 is 1.17 bits per heavy atom. The number of carbonyl (C=O) groups excluding carboxylic acids is 1. The van der Waals surface area contributed by atoms with Gasteiger partial charge < -0.3 is 5.32 Å². The number of halogens is 2. The second-order valence-corrected chi connectivity index (χ2v) is 6.53. The molecule has 0 aliphatic heterocycles. The molecule has 2 aromatic heterocycles. The Balaban J connectivity index is 1.71. The molecular formula is C16H11Cl2N3OS. The van der Waals surface area contributed by atoms with Gasteiger partial charge in [0.1, 0.15) is 10.0 Å². The molecule has 3 aromatic rings. The van der Waals surface area contributed by atoms with Gasteiger partial charge in [-0.25, -0.2) is 4.98 Å². The van der Waals surface area contributed by atoms with Crippen molar-refractivity contribution in [3.05, 3.63) is 64.5 Å². The topological polar surface area (TPSA) is 54.9 Å². The molecule has 0 bridgehead atoms. The Hall–Kier alpha value is -1.95. The van der Waals surface area contributed by atoms with Crippen LogP contribution in [-0.2, 0) is 11.2 Å². The third-order valence-corrected chi connectivity index (χ3v) is 4.68. The molecule has 0 atom stereocenters. The van der Waals surface area contributed by atoms with Gasteiger partial charge in [-0.05, 0) is 29.8 Å². The van der Waals surface area contributed by atoms with Crippen LogP contribution in [0.3, 0.4) is 0 Å². The lowest BCUT2D eigenvalue weighted by atomic mass is 10.1. The third-order valence-electron chi connectivity index (χ3n) is 3.03. The van der Waals surface area contributed by atoms with E-state index in [9.17, 15) is 4.79 Å². The standard InChI is InChI=1S/C16H11Cl2N3OS/c17-12-5-3-10(4-6-12)8-13(22)20-16-14(18)21-15(23-16)11-2-1-7-19-9-11/h1-7,9H,8H2,(H,20,22). The van der Waals surface area contributed by atoms with Crippen LogP contribution in [0.4, 0.5) is 5.00 Å². The number of amides is 1. The molecule has 0 radical (unpaired) electrons. The molecule has 0 saturated carbocycles. The van der Waals surface area contributed by atoms with E-state index in [0.29, 0.717) is 15.0 Å². The first-order valence-corrected chi connectivity index (χ1v) is 8.30. The van der Waals surface area contributed by atoms with Gasteiger partial charge in [-0.15, -0.1) is 0 Å². The summed E-state index contributed by atoms with van der Waals surface area (Å²) in [6.07, 6.45) is 3.63. The molecule has 0 unspecified atom stereocenters. The van der Waals surface area contributed by atoms with Gasteiger partial charge in [-0.1, -0.05) is 46.7 Å². The molecule has 0 aliphatic carbocycles. The highest BCUT2D eigenvalue weighted by Crippen LogP contribution is 2.34. The van der Waals surface area contributed by atoms with Crippen LogP contribution >= 0.6 is 34.5 Å². The highest BCUT2D eigenvalue weighted by molar-refractivity contribution is 7.19. The van der Waals surface area contributed by atoms with Crippen molar-refractivity contribution in [3.8, 4) is 10.6 Å². The monoisotopic (exact) mass is 363 g/mol. The summed E-state index contributed by atoms with van der Waals surface area (Å²) in [7, 11) is 0. The molecule has 1 aromatic carbocycles. The first-order valence-electron chi connectivity index (χ1n) is 6.73. The molecule has 1 N–H and O–H groups in total. The summed E-state index contributed by atoms with van der Waals surface area (Å²) in [5, 5.41) is 4.96. The molecule has 0 aliphatic rings.